The number of hydrogen-bond acceptors (Lipinski definition) is 3. The molecule has 0 radical (unpaired) electrons. The molecule has 1 heterocycles. The first kappa shape index (κ1) is 17.1. The fourth-order valence-corrected chi connectivity index (χ4v) is 2.50. The summed E-state index contributed by atoms with van der Waals surface area (Å²) in [4.78, 5) is 12.5. The van der Waals surface area contributed by atoms with Crippen LogP contribution in [0, 0.1) is 12.3 Å². The van der Waals surface area contributed by atoms with Crippen LogP contribution in [0.5, 0.6) is 0 Å². The Bertz CT molecular complexity index is 469. The number of amides is 1. The van der Waals surface area contributed by atoms with Gasteiger partial charge in [-0.05, 0) is 31.2 Å². The molecule has 0 bridgehead atoms. The molecule has 5 heteroatoms. The van der Waals surface area contributed by atoms with Gasteiger partial charge in [-0.1, -0.05) is 43.6 Å². The quantitative estimate of drug-likeness (QED) is 0.836. The highest BCUT2D eigenvalue weighted by Gasteiger charge is 2.26. The fourth-order valence-electron chi connectivity index (χ4n) is 2.04. The van der Waals surface area contributed by atoms with Crippen LogP contribution in [-0.2, 0) is 6.42 Å². The van der Waals surface area contributed by atoms with E-state index in [4.69, 9.17) is 0 Å². The molecule has 0 fully saturated rings. The average molecular weight is 342 g/mol. The summed E-state index contributed by atoms with van der Waals surface area (Å²) in [5, 5.41) is 12.1. The summed E-state index contributed by atoms with van der Waals surface area (Å²) in [6.07, 6.45) is 1.60. The second kappa shape index (κ2) is 7.16. The molecule has 1 N–H and O–H groups in total. The van der Waals surface area contributed by atoms with Gasteiger partial charge >= 0.3 is 0 Å². The van der Waals surface area contributed by atoms with Crippen LogP contribution in [0.3, 0.4) is 0 Å². The Kier molecular flexibility index (Phi) is 6.11. The van der Waals surface area contributed by atoms with E-state index in [0.717, 1.165) is 23.1 Å². The number of alkyl halides is 1. The fraction of sp³-hybridized carbons (Fsp3) is 0.667. The number of aryl methyl sites for hydroxylation is 2. The molecule has 1 aromatic heterocycles. The molecule has 1 aromatic rings. The van der Waals surface area contributed by atoms with Crippen LogP contribution in [-0.4, -0.2) is 27.5 Å². The van der Waals surface area contributed by atoms with Crippen LogP contribution < -0.4 is 5.32 Å². The van der Waals surface area contributed by atoms with Gasteiger partial charge in [0.2, 0.25) is 0 Å². The Morgan fingerprint density at radius 1 is 1.40 bits per heavy atom. The molecule has 1 rings (SSSR count). The third-order valence-electron chi connectivity index (χ3n) is 3.32. The lowest BCUT2D eigenvalue weighted by molar-refractivity contribution is 0.0899. The van der Waals surface area contributed by atoms with Crippen LogP contribution >= 0.6 is 15.9 Å². The van der Waals surface area contributed by atoms with Gasteiger partial charge in [0.25, 0.3) is 5.91 Å². The largest absolute Gasteiger partial charge is 0.349 e. The van der Waals surface area contributed by atoms with E-state index in [2.05, 4.69) is 52.2 Å². The lowest BCUT2D eigenvalue weighted by Gasteiger charge is -2.31. The number of rotatable bonds is 5. The minimum Gasteiger partial charge on any atom is -0.349 e. The van der Waals surface area contributed by atoms with Crippen molar-refractivity contribution >= 4 is 21.8 Å². The molecule has 1 amide bonds. The van der Waals surface area contributed by atoms with Crippen molar-refractivity contribution in [2.24, 2.45) is 5.41 Å². The summed E-state index contributed by atoms with van der Waals surface area (Å²) in [6, 6.07) is 1.93. The Balaban J connectivity index is 2.97. The zero-order valence-corrected chi connectivity index (χ0v) is 14.5. The van der Waals surface area contributed by atoms with Crippen LogP contribution in [0.2, 0.25) is 0 Å². The highest BCUT2D eigenvalue weighted by atomic mass is 79.9. The van der Waals surface area contributed by atoms with Gasteiger partial charge in [0, 0.05) is 11.4 Å². The molecule has 0 saturated carbocycles. The Labute approximate surface area is 129 Å². The first-order valence-corrected chi connectivity index (χ1v) is 8.11. The second-order valence-corrected chi connectivity index (χ2v) is 6.86. The molecule has 0 saturated heterocycles. The van der Waals surface area contributed by atoms with Crippen molar-refractivity contribution in [3.8, 4) is 0 Å². The number of hydrogen-bond donors (Lipinski definition) is 1. The van der Waals surface area contributed by atoms with Gasteiger partial charge < -0.3 is 5.32 Å². The van der Waals surface area contributed by atoms with E-state index in [9.17, 15) is 4.79 Å². The lowest BCUT2D eigenvalue weighted by atomic mass is 9.85. The van der Waals surface area contributed by atoms with E-state index in [-0.39, 0.29) is 17.4 Å². The molecule has 0 spiro atoms. The highest BCUT2D eigenvalue weighted by molar-refractivity contribution is 9.09. The van der Waals surface area contributed by atoms with Gasteiger partial charge in [-0.15, -0.1) is 0 Å². The minimum absolute atomic E-state index is 0.0192. The Morgan fingerprint density at radius 3 is 2.55 bits per heavy atom. The van der Waals surface area contributed by atoms with Crippen LogP contribution in [0.25, 0.3) is 0 Å². The molecule has 20 heavy (non-hydrogen) atoms. The smallest absolute Gasteiger partial charge is 0.253 e. The summed E-state index contributed by atoms with van der Waals surface area (Å²) in [7, 11) is 0. The zero-order chi connectivity index (χ0) is 15.3. The molecule has 0 aromatic carbocycles. The van der Waals surface area contributed by atoms with Crippen molar-refractivity contribution in [3.05, 3.63) is 23.0 Å². The number of nitrogens with zero attached hydrogens (tertiary/aromatic N) is 2. The molecular weight excluding hydrogens is 318 g/mol. The summed E-state index contributed by atoms with van der Waals surface area (Å²) in [6.45, 7) is 10.2. The van der Waals surface area contributed by atoms with Gasteiger partial charge in [0.1, 0.15) is 0 Å². The van der Waals surface area contributed by atoms with E-state index in [1.165, 1.54) is 0 Å². The second-order valence-electron chi connectivity index (χ2n) is 6.07. The Hall–Kier alpha value is -0.970. The molecular formula is C15H24BrN3O. The van der Waals surface area contributed by atoms with Gasteiger partial charge in [0.05, 0.1) is 17.0 Å². The molecule has 0 aliphatic rings. The van der Waals surface area contributed by atoms with Crippen LogP contribution in [0.4, 0.5) is 0 Å². The predicted molar refractivity (Wildman–Crippen MR) is 85.3 cm³/mol. The monoisotopic (exact) mass is 341 g/mol. The van der Waals surface area contributed by atoms with Gasteiger partial charge in [-0.2, -0.15) is 10.2 Å². The molecule has 0 aliphatic carbocycles. The highest BCUT2D eigenvalue weighted by Crippen LogP contribution is 2.23. The average Bonchev–Trinajstić information content (AvgIpc) is 2.37. The van der Waals surface area contributed by atoms with Crippen LogP contribution in [0.1, 0.15) is 55.9 Å². The van der Waals surface area contributed by atoms with E-state index in [1.807, 2.05) is 19.9 Å². The molecule has 1 atom stereocenters. The summed E-state index contributed by atoms with van der Waals surface area (Å²) < 4.78 is 0. The van der Waals surface area contributed by atoms with E-state index in [1.54, 1.807) is 0 Å². The van der Waals surface area contributed by atoms with E-state index in [0.29, 0.717) is 12.0 Å². The predicted octanol–water partition coefficient (Wildman–Crippen LogP) is 3.28. The van der Waals surface area contributed by atoms with Crippen LogP contribution in [0.15, 0.2) is 6.07 Å². The SMILES string of the molecule is CCc1nnc(C)cc1C(=O)NC(CCBr)C(C)(C)C. The van der Waals surface area contributed by atoms with Crippen molar-refractivity contribution in [2.45, 2.75) is 53.5 Å². The number of halogens is 1. The van der Waals surface area contributed by atoms with Gasteiger partial charge in [-0.25, -0.2) is 0 Å². The third kappa shape index (κ3) is 4.54. The van der Waals surface area contributed by atoms with Gasteiger partial charge in [-0.3, -0.25) is 4.79 Å². The first-order valence-electron chi connectivity index (χ1n) is 6.99. The molecule has 0 aliphatic heterocycles. The summed E-state index contributed by atoms with van der Waals surface area (Å²) in [5.74, 6) is -0.0549. The lowest BCUT2D eigenvalue weighted by Crippen LogP contribution is -2.44. The van der Waals surface area contributed by atoms with Crippen molar-refractivity contribution < 1.29 is 4.79 Å². The molecule has 4 nitrogen and oxygen atoms in total. The normalized spacial score (nSPS) is 13.1. The third-order valence-corrected chi connectivity index (χ3v) is 3.78. The number of carbonyl (C=O) groups excluding carboxylic acids is 1. The Morgan fingerprint density at radius 2 is 2.05 bits per heavy atom. The zero-order valence-electron chi connectivity index (χ0n) is 13.0. The number of aromatic nitrogens is 2. The maximum absolute atomic E-state index is 12.5. The van der Waals surface area contributed by atoms with Crippen molar-refractivity contribution in [2.75, 3.05) is 5.33 Å². The molecule has 112 valence electrons. The topological polar surface area (TPSA) is 54.9 Å². The maximum Gasteiger partial charge on any atom is 0.253 e. The van der Waals surface area contributed by atoms with E-state index < -0.39 is 0 Å². The van der Waals surface area contributed by atoms with Crippen molar-refractivity contribution in [3.63, 3.8) is 0 Å². The molecule has 1 unspecified atom stereocenters. The minimum atomic E-state index is -0.0549. The van der Waals surface area contributed by atoms with Crippen molar-refractivity contribution in [1.29, 1.82) is 0 Å². The number of nitrogens with one attached hydrogen (secondary N) is 1. The summed E-state index contributed by atoms with van der Waals surface area (Å²) >= 11 is 3.45. The van der Waals surface area contributed by atoms with E-state index >= 15 is 0 Å². The number of carbonyl (C=O) groups is 1. The van der Waals surface area contributed by atoms with Crippen molar-refractivity contribution in [1.82, 2.24) is 15.5 Å². The first-order chi connectivity index (χ1) is 9.29. The van der Waals surface area contributed by atoms with Gasteiger partial charge in [0.15, 0.2) is 0 Å². The summed E-state index contributed by atoms with van der Waals surface area (Å²) in [5.41, 5.74) is 2.18. The maximum atomic E-state index is 12.5. The standard InChI is InChI=1S/C15H24BrN3O/c1-6-12-11(9-10(2)18-19-12)14(20)17-13(7-8-16)15(3,4)5/h9,13H,6-8H2,1-5H3,(H,17,20).